The smallest absolute Gasteiger partial charge is 0.291 e. The Kier molecular flexibility index (Phi) is 7.49. The summed E-state index contributed by atoms with van der Waals surface area (Å²) in [7, 11) is 4.08. The SMILES string of the molecule is CC(C)OCc1c(C(=O)Nc2ccc(OCCCN(C)C)cc2)oc2ccccc12. The lowest BCUT2D eigenvalue weighted by molar-refractivity contribution is 0.0648. The van der Waals surface area contributed by atoms with Gasteiger partial charge in [0.05, 0.1) is 19.3 Å². The van der Waals surface area contributed by atoms with Crippen LogP contribution in [0, 0.1) is 0 Å². The number of carbonyl (C=O) groups excluding carboxylic acids is 1. The molecule has 0 fully saturated rings. The van der Waals surface area contributed by atoms with Crippen molar-refractivity contribution in [2.75, 3.05) is 32.6 Å². The number of benzene rings is 2. The first-order valence-electron chi connectivity index (χ1n) is 10.2. The molecule has 3 rings (SSSR count). The number of hydrogen-bond acceptors (Lipinski definition) is 5. The molecule has 1 heterocycles. The van der Waals surface area contributed by atoms with Gasteiger partial charge in [-0.15, -0.1) is 0 Å². The molecule has 0 unspecified atom stereocenters. The van der Waals surface area contributed by atoms with Gasteiger partial charge >= 0.3 is 0 Å². The molecule has 1 aromatic heterocycles. The van der Waals surface area contributed by atoms with Crippen LogP contribution in [0.3, 0.4) is 0 Å². The average Bonchev–Trinajstić information content (AvgIpc) is 3.09. The highest BCUT2D eigenvalue weighted by atomic mass is 16.5. The van der Waals surface area contributed by atoms with E-state index in [1.54, 1.807) is 0 Å². The predicted octanol–water partition coefficient (Wildman–Crippen LogP) is 4.94. The van der Waals surface area contributed by atoms with Crippen molar-refractivity contribution in [3.63, 3.8) is 0 Å². The van der Waals surface area contributed by atoms with Gasteiger partial charge in [-0.25, -0.2) is 0 Å². The Morgan fingerprint density at radius 1 is 1.10 bits per heavy atom. The van der Waals surface area contributed by atoms with Crippen LogP contribution in [0.1, 0.15) is 36.4 Å². The monoisotopic (exact) mass is 410 g/mol. The molecule has 3 aromatic rings. The Bertz CT molecular complexity index is 961. The van der Waals surface area contributed by atoms with Crippen LogP contribution in [0.5, 0.6) is 5.75 Å². The van der Waals surface area contributed by atoms with E-state index in [9.17, 15) is 4.79 Å². The fourth-order valence-corrected chi connectivity index (χ4v) is 3.07. The molecule has 0 spiro atoms. The van der Waals surface area contributed by atoms with E-state index < -0.39 is 0 Å². The number of furan rings is 1. The zero-order chi connectivity index (χ0) is 21.5. The highest BCUT2D eigenvalue weighted by Crippen LogP contribution is 2.28. The van der Waals surface area contributed by atoms with Gasteiger partial charge in [-0.1, -0.05) is 18.2 Å². The van der Waals surface area contributed by atoms with E-state index in [1.807, 2.05) is 76.5 Å². The number of rotatable bonds is 10. The summed E-state index contributed by atoms with van der Waals surface area (Å²) < 4.78 is 17.3. The average molecular weight is 411 g/mol. The van der Waals surface area contributed by atoms with Gasteiger partial charge in [-0.3, -0.25) is 4.79 Å². The molecule has 0 aliphatic heterocycles. The van der Waals surface area contributed by atoms with Gasteiger partial charge in [-0.05, 0) is 64.7 Å². The first kappa shape index (κ1) is 21.9. The van der Waals surface area contributed by atoms with E-state index in [4.69, 9.17) is 13.9 Å². The number of amides is 1. The summed E-state index contributed by atoms with van der Waals surface area (Å²) in [5.74, 6) is 0.760. The van der Waals surface area contributed by atoms with E-state index >= 15 is 0 Å². The summed E-state index contributed by atoms with van der Waals surface area (Å²) in [5, 5.41) is 3.80. The van der Waals surface area contributed by atoms with Crippen molar-refractivity contribution in [3.05, 3.63) is 59.9 Å². The van der Waals surface area contributed by atoms with Gasteiger partial charge in [0.25, 0.3) is 5.91 Å². The van der Waals surface area contributed by atoms with Crippen LogP contribution in [-0.4, -0.2) is 44.2 Å². The normalized spacial score (nSPS) is 11.4. The lowest BCUT2D eigenvalue weighted by Crippen LogP contribution is -2.15. The van der Waals surface area contributed by atoms with Crippen molar-refractivity contribution in [1.82, 2.24) is 4.90 Å². The minimum Gasteiger partial charge on any atom is -0.494 e. The third kappa shape index (κ3) is 5.84. The van der Waals surface area contributed by atoms with E-state index in [0.29, 0.717) is 24.5 Å². The molecule has 6 nitrogen and oxygen atoms in total. The summed E-state index contributed by atoms with van der Waals surface area (Å²) in [6.07, 6.45) is 1.01. The number of nitrogens with one attached hydrogen (secondary N) is 1. The third-order valence-corrected chi connectivity index (χ3v) is 4.60. The summed E-state index contributed by atoms with van der Waals surface area (Å²) in [5.41, 5.74) is 2.11. The van der Waals surface area contributed by atoms with Crippen molar-refractivity contribution in [3.8, 4) is 5.75 Å². The third-order valence-electron chi connectivity index (χ3n) is 4.60. The van der Waals surface area contributed by atoms with E-state index in [-0.39, 0.29) is 17.8 Å². The largest absolute Gasteiger partial charge is 0.494 e. The zero-order valence-corrected chi connectivity index (χ0v) is 18.1. The maximum Gasteiger partial charge on any atom is 0.291 e. The molecule has 0 radical (unpaired) electrons. The number of nitrogens with zero attached hydrogens (tertiary/aromatic N) is 1. The van der Waals surface area contributed by atoms with Crippen LogP contribution in [0.25, 0.3) is 11.0 Å². The molecule has 160 valence electrons. The van der Waals surface area contributed by atoms with Crippen LogP contribution in [0.2, 0.25) is 0 Å². The van der Waals surface area contributed by atoms with Gasteiger partial charge < -0.3 is 24.1 Å². The molecule has 0 aliphatic carbocycles. The minimum absolute atomic E-state index is 0.0554. The summed E-state index contributed by atoms with van der Waals surface area (Å²) in [6.45, 7) is 5.88. The number of para-hydroxylation sites is 1. The summed E-state index contributed by atoms with van der Waals surface area (Å²) in [4.78, 5) is 15.0. The number of anilines is 1. The fraction of sp³-hybridized carbons (Fsp3) is 0.375. The molecule has 1 amide bonds. The fourth-order valence-electron chi connectivity index (χ4n) is 3.07. The van der Waals surface area contributed by atoms with E-state index in [2.05, 4.69) is 10.2 Å². The number of carbonyl (C=O) groups is 1. The van der Waals surface area contributed by atoms with Crippen LogP contribution in [0.15, 0.2) is 52.9 Å². The molecule has 0 bridgehead atoms. The Morgan fingerprint density at radius 3 is 2.53 bits per heavy atom. The van der Waals surface area contributed by atoms with Crippen molar-refractivity contribution in [1.29, 1.82) is 0 Å². The minimum atomic E-state index is -0.298. The Morgan fingerprint density at radius 2 is 1.83 bits per heavy atom. The first-order chi connectivity index (χ1) is 14.4. The predicted molar refractivity (Wildman–Crippen MR) is 119 cm³/mol. The number of hydrogen-bond donors (Lipinski definition) is 1. The summed E-state index contributed by atoms with van der Waals surface area (Å²) in [6, 6.07) is 15.0. The molecule has 0 atom stereocenters. The van der Waals surface area contributed by atoms with Gasteiger partial charge in [0.2, 0.25) is 0 Å². The van der Waals surface area contributed by atoms with E-state index in [1.165, 1.54) is 0 Å². The molecular weight excluding hydrogens is 380 g/mol. The molecule has 0 aliphatic rings. The van der Waals surface area contributed by atoms with Crippen molar-refractivity contribution < 1.29 is 18.7 Å². The van der Waals surface area contributed by atoms with Crippen LogP contribution >= 0.6 is 0 Å². The topological polar surface area (TPSA) is 63.9 Å². The molecule has 2 aromatic carbocycles. The second-order valence-electron chi connectivity index (χ2n) is 7.75. The van der Waals surface area contributed by atoms with Crippen LogP contribution in [0.4, 0.5) is 5.69 Å². The van der Waals surface area contributed by atoms with Gasteiger partial charge in [0.15, 0.2) is 5.76 Å². The van der Waals surface area contributed by atoms with Crippen LogP contribution in [-0.2, 0) is 11.3 Å². The van der Waals surface area contributed by atoms with Gasteiger partial charge in [0.1, 0.15) is 11.3 Å². The second-order valence-corrected chi connectivity index (χ2v) is 7.75. The Balaban J connectivity index is 1.68. The van der Waals surface area contributed by atoms with Gasteiger partial charge in [-0.2, -0.15) is 0 Å². The van der Waals surface area contributed by atoms with Crippen molar-refractivity contribution in [2.45, 2.75) is 33.0 Å². The standard InChI is InChI=1S/C24H30N2O4/c1-17(2)29-16-21-20-8-5-6-9-22(20)30-23(21)24(27)25-18-10-12-19(13-11-18)28-15-7-14-26(3)4/h5-6,8-13,17H,7,14-16H2,1-4H3,(H,25,27). The number of ether oxygens (including phenoxy) is 2. The first-order valence-corrected chi connectivity index (χ1v) is 10.2. The molecule has 1 N–H and O–H groups in total. The molecule has 30 heavy (non-hydrogen) atoms. The number of fused-ring (bicyclic) bond motifs is 1. The zero-order valence-electron chi connectivity index (χ0n) is 18.1. The molecule has 0 saturated heterocycles. The maximum atomic E-state index is 12.9. The molecule has 6 heteroatoms. The van der Waals surface area contributed by atoms with Crippen LogP contribution < -0.4 is 10.1 Å². The van der Waals surface area contributed by atoms with Crippen molar-refractivity contribution in [2.24, 2.45) is 0 Å². The lowest BCUT2D eigenvalue weighted by atomic mass is 10.1. The van der Waals surface area contributed by atoms with Gasteiger partial charge in [0, 0.05) is 23.2 Å². The quantitative estimate of drug-likeness (QED) is 0.480. The Labute approximate surface area is 177 Å². The summed E-state index contributed by atoms with van der Waals surface area (Å²) >= 11 is 0. The van der Waals surface area contributed by atoms with E-state index in [0.717, 1.165) is 29.7 Å². The lowest BCUT2D eigenvalue weighted by Gasteiger charge is -2.11. The molecular formula is C24H30N2O4. The Hall–Kier alpha value is -2.83. The highest BCUT2D eigenvalue weighted by Gasteiger charge is 2.21. The molecule has 0 saturated carbocycles. The van der Waals surface area contributed by atoms with Crippen molar-refractivity contribution >= 4 is 22.6 Å². The second kappa shape index (κ2) is 10.3. The maximum absolute atomic E-state index is 12.9. The highest BCUT2D eigenvalue weighted by molar-refractivity contribution is 6.06.